The first-order valence-electron chi connectivity index (χ1n) is 6.47. The lowest BCUT2D eigenvalue weighted by molar-refractivity contribution is -0.0569. The number of amides is 1. The molecule has 0 aliphatic carbocycles. The van der Waals surface area contributed by atoms with Gasteiger partial charge in [0.25, 0.3) is 5.91 Å². The van der Waals surface area contributed by atoms with Gasteiger partial charge in [-0.3, -0.25) is 9.78 Å². The number of rotatable bonds is 2. The van der Waals surface area contributed by atoms with Crippen molar-refractivity contribution in [3.05, 3.63) is 30.4 Å². The van der Waals surface area contributed by atoms with Crippen LogP contribution in [0, 0.1) is 0 Å². The minimum atomic E-state index is -0.121. The van der Waals surface area contributed by atoms with E-state index in [4.69, 9.17) is 16.3 Å². The highest BCUT2D eigenvalue weighted by molar-refractivity contribution is 6.18. The number of aromatic nitrogens is 3. The van der Waals surface area contributed by atoms with E-state index in [1.54, 1.807) is 34.2 Å². The monoisotopic (exact) mass is 294 g/mol. The van der Waals surface area contributed by atoms with E-state index in [0.29, 0.717) is 30.0 Å². The van der Waals surface area contributed by atoms with Crippen LogP contribution < -0.4 is 0 Å². The minimum Gasteiger partial charge on any atom is -0.370 e. The van der Waals surface area contributed by atoms with Gasteiger partial charge in [-0.15, -0.1) is 11.6 Å². The Hall–Kier alpha value is -1.66. The standard InChI is InChI=1S/C13H15ClN4O2/c1-9-7-17(8-10(4-14)20-9)13(19)11-5-16-18-3-2-15-6-12(11)18/h2-3,5-6,9-10H,4,7-8H2,1H3. The lowest BCUT2D eigenvalue weighted by Crippen LogP contribution is -2.49. The van der Waals surface area contributed by atoms with Crippen LogP contribution in [-0.4, -0.2) is 56.6 Å². The molecule has 2 aromatic rings. The predicted octanol–water partition coefficient (Wildman–Crippen LogP) is 1.20. The van der Waals surface area contributed by atoms with Crippen LogP contribution in [0.4, 0.5) is 0 Å². The number of alkyl halides is 1. The van der Waals surface area contributed by atoms with Crippen LogP contribution in [0.1, 0.15) is 17.3 Å². The van der Waals surface area contributed by atoms with Crippen LogP contribution in [0.15, 0.2) is 24.8 Å². The van der Waals surface area contributed by atoms with E-state index in [-0.39, 0.29) is 18.1 Å². The summed E-state index contributed by atoms with van der Waals surface area (Å²) in [7, 11) is 0. The molecular weight excluding hydrogens is 280 g/mol. The Morgan fingerprint density at radius 2 is 2.35 bits per heavy atom. The molecule has 6 nitrogen and oxygen atoms in total. The lowest BCUT2D eigenvalue weighted by atomic mass is 10.2. The molecule has 0 bridgehead atoms. The van der Waals surface area contributed by atoms with E-state index in [1.807, 2.05) is 6.92 Å². The zero-order valence-corrected chi connectivity index (χ0v) is 11.8. The molecule has 3 heterocycles. The molecule has 7 heteroatoms. The van der Waals surface area contributed by atoms with Crippen LogP contribution in [0.3, 0.4) is 0 Å². The summed E-state index contributed by atoms with van der Waals surface area (Å²) in [4.78, 5) is 18.4. The summed E-state index contributed by atoms with van der Waals surface area (Å²) >= 11 is 5.85. The van der Waals surface area contributed by atoms with Crippen LogP contribution in [0.2, 0.25) is 0 Å². The molecular formula is C13H15ClN4O2. The van der Waals surface area contributed by atoms with Crippen LogP contribution in [0.5, 0.6) is 0 Å². The summed E-state index contributed by atoms with van der Waals surface area (Å²) in [5, 5.41) is 4.16. The Morgan fingerprint density at radius 1 is 1.50 bits per heavy atom. The van der Waals surface area contributed by atoms with E-state index in [9.17, 15) is 4.79 Å². The van der Waals surface area contributed by atoms with Gasteiger partial charge >= 0.3 is 0 Å². The molecule has 1 amide bonds. The molecule has 1 saturated heterocycles. The van der Waals surface area contributed by atoms with Crippen LogP contribution in [0.25, 0.3) is 5.52 Å². The fourth-order valence-corrected chi connectivity index (χ4v) is 2.64. The molecule has 2 aromatic heterocycles. The van der Waals surface area contributed by atoms with Gasteiger partial charge in [-0.25, -0.2) is 4.52 Å². The highest BCUT2D eigenvalue weighted by Gasteiger charge is 2.29. The molecule has 1 fully saturated rings. The fraction of sp³-hybridized carbons (Fsp3) is 0.462. The van der Waals surface area contributed by atoms with E-state index in [1.165, 1.54) is 0 Å². The quantitative estimate of drug-likeness (QED) is 0.781. The highest BCUT2D eigenvalue weighted by atomic mass is 35.5. The van der Waals surface area contributed by atoms with Gasteiger partial charge < -0.3 is 9.64 Å². The third-order valence-corrected chi connectivity index (χ3v) is 3.68. The largest absolute Gasteiger partial charge is 0.370 e. The smallest absolute Gasteiger partial charge is 0.257 e. The maximum absolute atomic E-state index is 12.6. The summed E-state index contributed by atoms with van der Waals surface area (Å²) in [5.74, 6) is 0.322. The van der Waals surface area contributed by atoms with Crippen molar-refractivity contribution in [3.63, 3.8) is 0 Å². The molecule has 0 radical (unpaired) electrons. The number of hydrogen-bond acceptors (Lipinski definition) is 4. The topological polar surface area (TPSA) is 59.7 Å². The van der Waals surface area contributed by atoms with Gasteiger partial charge in [-0.1, -0.05) is 0 Å². The minimum absolute atomic E-state index is 0.0172. The molecule has 1 aliphatic rings. The average molecular weight is 295 g/mol. The number of halogens is 1. The molecule has 106 valence electrons. The van der Waals surface area contributed by atoms with E-state index < -0.39 is 0 Å². The van der Waals surface area contributed by atoms with Crippen molar-refractivity contribution < 1.29 is 9.53 Å². The number of ether oxygens (including phenoxy) is 1. The molecule has 2 atom stereocenters. The first-order valence-corrected chi connectivity index (χ1v) is 7.00. The summed E-state index contributed by atoms with van der Waals surface area (Å²) in [5.41, 5.74) is 1.26. The van der Waals surface area contributed by atoms with Crippen molar-refractivity contribution in [2.24, 2.45) is 0 Å². The second-order valence-electron chi connectivity index (χ2n) is 4.90. The Kier molecular flexibility index (Phi) is 3.58. The highest BCUT2D eigenvalue weighted by Crippen LogP contribution is 2.17. The van der Waals surface area contributed by atoms with Crippen molar-refractivity contribution >= 4 is 23.0 Å². The summed E-state index contributed by atoms with van der Waals surface area (Å²) in [6.07, 6.45) is 6.43. The molecule has 3 rings (SSSR count). The lowest BCUT2D eigenvalue weighted by Gasteiger charge is -2.35. The Labute approximate surface area is 121 Å². The normalized spacial score (nSPS) is 23.2. The van der Waals surface area contributed by atoms with Gasteiger partial charge in [0.2, 0.25) is 0 Å². The van der Waals surface area contributed by atoms with Gasteiger partial charge in [0.15, 0.2) is 0 Å². The van der Waals surface area contributed by atoms with E-state index in [0.717, 1.165) is 0 Å². The predicted molar refractivity (Wildman–Crippen MR) is 73.9 cm³/mol. The molecule has 0 spiro atoms. The maximum atomic E-state index is 12.6. The van der Waals surface area contributed by atoms with Crippen LogP contribution >= 0.6 is 11.6 Å². The maximum Gasteiger partial charge on any atom is 0.257 e. The van der Waals surface area contributed by atoms with Gasteiger partial charge in [-0.2, -0.15) is 5.10 Å². The summed E-state index contributed by atoms with van der Waals surface area (Å²) in [6, 6.07) is 0. The summed E-state index contributed by atoms with van der Waals surface area (Å²) in [6.45, 7) is 3.00. The molecule has 0 N–H and O–H groups in total. The van der Waals surface area contributed by atoms with Gasteiger partial charge in [0.05, 0.1) is 41.6 Å². The Morgan fingerprint density at radius 3 is 3.15 bits per heavy atom. The third-order valence-electron chi connectivity index (χ3n) is 3.34. The second-order valence-corrected chi connectivity index (χ2v) is 5.21. The Balaban J connectivity index is 1.88. The van der Waals surface area contributed by atoms with Gasteiger partial charge in [0, 0.05) is 25.5 Å². The molecule has 0 aromatic carbocycles. The van der Waals surface area contributed by atoms with Crippen molar-refractivity contribution in [1.82, 2.24) is 19.5 Å². The van der Waals surface area contributed by atoms with Crippen molar-refractivity contribution in [1.29, 1.82) is 0 Å². The van der Waals surface area contributed by atoms with Gasteiger partial charge in [-0.05, 0) is 6.92 Å². The van der Waals surface area contributed by atoms with Crippen molar-refractivity contribution in [3.8, 4) is 0 Å². The second kappa shape index (κ2) is 5.38. The average Bonchev–Trinajstić information content (AvgIpc) is 2.89. The number of morpholine rings is 1. The van der Waals surface area contributed by atoms with Crippen molar-refractivity contribution in [2.75, 3.05) is 19.0 Å². The third kappa shape index (κ3) is 2.36. The molecule has 20 heavy (non-hydrogen) atoms. The van der Waals surface area contributed by atoms with Gasteiger partial charge in [0.1, 0.15) is 0 Å². The first kappa shape index (κ1) is 13.3. The first-order chi connectivity index (χ1) is 9.69. The number of carbonyl (C=O) groups excluding carboxylic acids is 1. The van der Waals surface area contributed by atoms with Crippen LogP contribution in [-0.2, 0) is 4.74 Å². The van der Waals surface area contributed by atoms with E-state index >= 15 is 0 Å². The summed E-state index contributed by atoms with van der Waals surface area (Å²) < 4.78 is 7.30. The molecule has 2 unspecified atom stereocenters. The Bertz CT molecular complexity index is 630. The SMILES string of the molecule is CC1CN(C(=O)c2cnn3ccncc23)CC(CCl)O1. The van der Waals surface area contributed by atoms with E-state index in [2.05, 4.69) is 10.1 Å². The number of nitrogens with zero attached hydrogens (tertiary/aromatic N) is 4. The molecule has 0 saturated carbocycles. The number of fused-ring (bicyclic) bond motifs is 1. The number of hydrogen-bond donors (Lipinski definition) is 0. The molecule has 1 aliphatic heterocycles. The zero-order valence-electron chi connectivity index (χ0n) is 11.1. The number of carbonyl (C=O) groups is 1. The zero-order chi connectivity index (χ0) is 14.1. The fourth-order valence-electron chi connectivity index (χ4n) is 2.47. The van der Waals surface area contributed by atoms with Crippen molar-refractivity contribution in [2.45, 2.75) is 19.1 Å².